The van der Waals surface area contributed by atoms with Crippen molar-refractivity contribution in [3.8, 4) is 0 Å². The van der Waals surface area contributed by atoms with Gasteiger partial charge in [0, 0.05) is 15.8 Å². The number of hydrogen-bond donors (Lipinski definition) is 1. The summed E-state index contributed by atoms with van der Waals surface area (Å²) >= 11 is 7.81. The molecule has 1 aliphatic carbocycles. The quantitative estimate of drug-likeness (QED) is 0.876. The summed E-state index contributed by atoms with van der Waals surface area (Å²) in [4.78, 5) is 2.67. The van der Waals surface area contributed by atoms with E-state index in [1.807, 2.05) is 17.4 Å². The van der Waals surface area contributed by atoms with E-state index in [1.54, 1.807) is 6.07 Å². The van der Waals surface area contributed by atoms with Crippen molar-refractivity contribution in [2.24, 2.45) is 5.73 Å². The van der Waals surface area contributed by atoms with E-state index in [-0.39, 0.29) is 16.9 Å². The molecular weight excluding hydrogens is 293 g/mol. The average Bonchev–Trinajstić information content (AvgIpc) is 2.88. The number of fused-ring (bicyclic) bond motifs is 1. The van der Waals surface area contributed by atoms with Gasteiger partial charge in [0.25, 0.3) is 0 Å². The lowest BCUT2D eigenvalue weighted by atomic mass is 9.98. The molecule has 1 heterocycles. The third-order valence-corrected chi connectivity index (χ3v) is 5.64. The minimum atomic E-state index is -0.373. The molecule has 0 saturated heterocycles. The molecule has 0 spiro atoms. The second kappa shape index (κ2) is 5.84. The molecule has 1 aromatic heterocycles. The minimum absolute atomic E-state index is 0.107. The molecule has 0 aliphatic heterocycles. The highest BCUT2D eigenvalue weighted by Gasteiger charge is 2.18. The number of halogens is 2. The fraction of sp³-hybridized carbons (Fsp3) is 0.375. The molecule has 1 unspecified atom stereocenters. The zero-order valence-corrected chi connectivity index (χ0v) is 12.7. The van der Waals surface area contributed by atoms with Gasteiger partial charge in [-0.2, -0.15) is 0 Å². The zero-order valence-electron chi connectivity index (χ0n) is 11.2. The lowest BCUT2D eigenvalue weighted by Gasteiger charge is -2.11. The van der Waals surface area contributed by atoms with Crippen molar-refractivity contribution in [2.45, 2.75) is 38.1 Å². The molecule has 106 valence electrons. The Morgan fingerprint density at radius 2 is 2.10 bits per heavy atom. The Morgan fingerprint density at radius 1 is 1.30 bits per heavy atom. The number of hydrogen-bond acceptors (Lipinski definition) is 2. The zero-order chi connectivity index (χ0) is 14.1. The molecule has 0 saturated carbocycles. The minimum Gasteiger partial charge on any atom is -0.323 e. The lowest BCUT2D eigenvalue weighted by molar-refractivity contribution is 0.623. The topological polar surface area (TPSA) is 26.0 Å². The van der Waals surface area contributed by atoms with Gasteiger partial charge in [-0.3, -0.25) is 0 Å². The van der Waals surface area contributed by atoms with Crippen LogP contribution in [0.3, 0.4) is 0 Å². The van der Waals surface area contributed by atoms with Crippen molar-refractivity contribution in [3.63, 3.8) is 0 Å². The Morgan fingerprint density at radius 3 is 2.90 bits per heavy atom. The third-order valence-electron chi connectivity index (χ3n) is 3.85. The number of thiophene rings is 1. The molecule has 2 N–H and O–H groups in total. The van der Waals surface area contributed by atoms with Gasteiger partial charge in [0.2, 0.25) is 0 Å². The van der Waals surface area contributed by atoms with Crippen molar-refractivity contribution in [1.29, 1.82) is 0 Å². The van der Waals surface area contributed by atoms with Gasteiger partial charge >= 0.3 is 0 Å². The standard InChI is InChI=1S/C16H17ClFNS/c17-16-11(5-3-6-12(16)18)8-13(19)15-9-10-4-1-2-7-14(10)20-15/h3,5-6,9,13H,1-2,4,7-8,19H2. The first-order chi connectivity index (χ1) is 9.65. The summed E-state index contributed by atoms with van der Waals surface area (Å²) < 4.78 is 13.4. The fourth-order valence-electron chi connectivity index (χ4n) is 2.74. The van der Waals surface area contributed by atoms with Crippen LogP contribution in [-0.2, 0) is 19.3 Å². The molecule has 0 bridgehead atoms. The third kappa shape index (κ3) is 2.76. The summed E-state index contributed by atoms with van der Waals surface area (Å²) in [6, 6.07) is 7.03. The number of aryl methyl sites for hydroxylation is 2. The molecule has 1 nitrogen and oxygen atoms in total. The summed E-state index contributed by atoms with van der Waals surface area (Å²) in [5, 5.41) is 0.198. The first-order valence-electron chi connectivity index (χ1n) is 6.95. The van der Waals surface area contributed by atoms with E-state index in [4.69, 9.17) is 17.3 Å². The van der Waals surface area contributed by atoms with E-state index in [0.717, 1.165) is 5.56 Å². The molecule has 0 amide bonds. The lowest BCUT2D eigenvalue weighted by Crippen LogP contribution is -2.12. The van der Waals surface area contributed by atoms with Crippen molar-refractivity contribution < 1.29 is 4.39 Å². The van der Waals surface area contributed by atoms with Crippen LogP contribution in [0.2, 0.25) is 5.02 Å². The first kappa shape index (κ1) is 14.1. The van der Waals surface area contributed by atoms with Gasteiger partial charge in [0.15, 0.2) is 0 Å². The maximum atomic E-state index is 13.4. The fourth-order valence-corrected chi connectivity index (χ4v) is 4.20. The maximum absolute atomic E-state index is 13.4. The number of nitrogens with two attached hydrogens (primary N) is 1. The van der Waals surface area contributed by atoms with Crippen LogP contribution >= 0.6 is 22.9 Å². The van der Waals surface area contributed by atoms with Gasteiger partial charge in [0.1, 0.15) is 5.82 Å². The van der Waals surface area contributed by atoms with Gasteiger partial charge in [-0.15, -0.1) is 11.3 Å². The first-order valence-corrected chi connectivity index (χ1v) is 8.14. The molecule has 1 atom stereocenters. The van der Waals surface area contributed by atoms with Crippen LogP contribution < -0.4 is 5.73 Å². The summed E-state index contributed by atoms with van der Waals surface area (Å²) in [5.41, 5.74) is 8.53. The molecule has 0 radical (unpaired) electrons. The van der Waals surface area contributed by atoms with E-state index >= 15 is 0 Å². The normalized spacial score (nSPS) is 15.9. The molecule has 1 aliphatic rings. The maximum Gasteiger partial charge on any atom is 0.142 e. The van der Waals surface area contributed by atoms with Crippen molar-refractivity contribution in [3.05, 3.63) is 56.0 Å². The van der Waals surface area contributed by atoms with Crippen LogP contribution in [0.25, 0.3) is 0 Å². The summed E-state index contributed by atoms with van der Waals surface area (Å²) in [6.07, 6.45) is 5.47. The Bertz CT molecular complexity index is 599. The molecule has 3 rings (SSSR count). The summed E-state index contributed by atoms with van der Waals surface area (Å²) in [7, 11) is 0. The number of rotatable bonds is 3. The van der Waals surface area contributed by atoms with E-state index in [0.29, 0.717) is 6.42 Å². The number of benzene rings is 1. The van der Waals surface area contributed by atoms with E-state index in [2.05, 4.69) is 6.07 Å². The smallest absolute Gasteiger partial charge is 0.142 e. The second-order valence-electron chi connectivity index (χ2n) is 5.33. The van der Waals surface area contributed by atoms with Gasteiger partial charge < -0.3 is 5.73 Å². The molecule has 1 aromatic carbocycles. The highest BCUT2D eigenvalue weighted by molar-refractivity contribution is 7.12. The van der Waals surface area contributed by atoms with Gasteiger partial charge in [-0.05, 0) is 55.4 Å². The average molecular weight is 310 g/mol. The van der Waals surface area contributed by atoms with Crippen LogP contribution in [0.15, 0.2) is 24.3 Å². The van der Waals surface area contributed by atoms with Crippen LogP contribution in [-0.4, -0.2) is 0 Å². The summed E-state index contributed by atoms with van der Waals surface area (Å²) in [5.74, 6) is -0.373. The van der Waals surface area contributed by atoms with Crippen molar-refractivity contribution in [2.75, 3.05) is 0 Å². The molecule has 4 heteroatoms. The Balaban J connectivity index is 1.80. The predicted octanol–water partition coefficient (Wildman–Crippen LogP) is 4.66. The Kier molecular flexibility index (Phi) is 4.11. The Labute approximate surface area is 127 Å². The highest BCUT2D eigenvalue weighted by atomic mass is 35.5. The van der Waals surface area contributed by atoms with Crippen LogP contribution in [0.4, 0.5) is 4.39 Å². The molecular formula is C16H17ClFNS. The SMILES string of the molecule is NC(Cc1cccc(F)c1Cl)c1cc2c(s1)CCCC2. The second-order valence-corrected chi connectivity index (χ2v) is 6.87. The van der Waals surface area contributed by atoms with Crippen molar-refractivity contribution >= 4 is 22.9 Å². The van der Waals surface area contributed by atoms with Gasteiger partial charge in [0.05, 0.1) is 5.02 Å². The molecule has 0 fully saturated rings. The van der Waals surface area contributed by atoms with Crippen LogP contribution in [0, 0.1) is 5.82 Å². The van der Waals surface area contributed by atoms with Gasteiger partial charge in [-0.25, -0.2) is 4.39 Å². The van der Waals surface area contributed by atoms with Crippen LogP contribution in [0.1, 0.15) is 39.8 Å². The van der Waals surface area contributed by atoms with E-state index in [1.165, 1.54) is 47.1 Å². The van der Waals surface area contributed by atoms with E-state index < -0.39 is 0 Å². The van der Waals surface area contributed by atoms with E-state index in [9.17, 15) is 4.39 Å². The Hall–Kier alpha value is -0.900. The van der Waals surface area contributed by atoms with Gasteiger partial charge in [-0.1, -0.05) is 23.7 Å². The predicted molar refractivity (Wildman–Crippen MR) is 83.0 cm³/mol. The van der Waals surface area contributed by atoms with Crippen molar-refractivity contribution in [1.82, 2.24) is 0 Å². The summed E-state index contributed by atoms with van der Waals surface area (Å²) in [6.45, 7) is 0. The molecule has 2 aromatic rings. The largest absolute Gasteiger partial charge is 0.323 e. The van der Waals surface area contributed by atoms with Crippen LogP contribution in [0.5, 0.6) is 0 Å². The highest BCUT2D eigenvalue weighted by Crippen LogP contribution is 2.34. The molecule has 20 heavy (non-hydrogen) atoms. The monoisotopic (exact) mass is 309 g/mol.